The summed E-state index contributed by atoms with van der Waals surface area (Å²) in [7, 11) is 3.15. The van der Waals surface area contributed by atoms with E-state index in [9.17, 15) is 4.79 Å². The predicted molar refractivity (Wildman–Crippen MR) is 131 cm³/mol. The molecule has 3 aromatic carbocycles. The van der Waals surface area contributed by atoms with Crippen molar-refractivity contribution in [3.63, 3.8) is 0 Å². The van der Waals surface area contributed by atoms with Gasteiger partial charge in [-0.15, -0.1) is 0 Å². The zero-order chi connectivity index (χ0) is 23.5. The Balaban J connectivity index is 1.82. The molecule has 0 saturated heterocycles. The lowest BCUT2D eigenvalue weighted by Crippen LogP contribution is -2.17. The normalized spacial score (nSPS) is 10.7. The zero-order valence-corrected chi connectivity index (χ0v) is 19.7. The van der Waals surface area contributed by atoms with Gasteiger partial charge in [0, 0.05) is 17.3 Å². The van der Waals surface area contributed by atoms with Crippen molar-refractivity contribution < 1.29 is 14.3 Å². The smallest absolute Gasteiger partial charge is 0.274 e. The van der Waals surface area contributed by atoms with Gasteiger partial charge in [0.15, 0.2) is 0 Å². The SMILES string of the molecule is COc1ccc(-c2cc(C(=O)Nc3ccc(C)cc3)n(-c3ccc(Cl)c(Cl)c3)n2)c(OC)c1. The molecule has 0 aliphatic rings. The molecule has 1 amide bonds. The highest BCUT2D eigenvalue weighted by Crippen LogP contribution is 2.34. The van der Waals surface area contributed by atoms with Crippen molar-refractivity contribution in [1.82, 2.24) is 9.78 Å². The Bertz CT molecular complexity index is 1320. The van der Waals surface area contributed by atoms with Crippen LogP contribution in [0.5, 0.6) is 11.5 Å². The first kappa shape index (κ1) is 22.7. The Labute approximate surface area is 201 Å². The van der Waals surface area contributed by atoms with Crippen LogP contribution in [0.2, 0.25) is 10.0 Å². The predicted octanol–water partition coefficient (Wildman–Crippen LogP) is 6.42. The van der Waals surface area contributed by atoms with Crippen molar-refractivity contribution in [2.75, 3.05) is 19.5 Å². The van der Waals surface area contributed by atoms with Crippen molar-refractivity contribution in [3.05, 3.63) is 88.0 Å². The molecule has 6 nitrogen and oxygen atoms in total. The topological polar surface area (TPSA) is 65.4 Å². The molecule has 0 aliphatic heterocycles. The molecule has 0 aliphatic carbocycles. The summed E-state index contributed by atoms with van der Waals surface area (Å²) in [5.41, 5.74) is 3.95. The molecule has 0 saturated carbocycles. The molecule has 1 N–H and O–H groups in total. The van der Waals surface area contributed by atoms with Gasteiger partial charge in [0.1, 0.15) is 17.2 Å². The third-order valence-electron chi connectivity index (χ3n) is 5.08. The quantitative estimate of drug-likeness (QED) is 0.344. The van der Waals surface area contributed by atoms with Crippen molar-refractivity contribution >= 4 is 34.8 Å². The van der Waals surface area contributed by atoms with Crippen LogP contribution in [0, 0.1) is 6.92 Å². The van der Waals surface area contributed by atoms with E-state index in [0.717, 1.165) is 5.56 Å². The number of rotatable bonds is 6. The summed E-state index contributed by atoms with van der Waals surface area (Å²) in [6.45, 7) is 1.99. The number of benzene rings is 3. The molecule has 0 atom stereocenters. The molecule has 0 spiro atoms. The summed E-state index contributed by atoms with van der Waals surface area (Å²) >= 11 is 12.3. The molecular weight excluding hydrogens is 461 g/mol. The molecule has 168 valence electrons. The maximum Gasteiger partial charge on any atom is 0.274 e. The Morgan fingerprint density at radius 1 is 0.909 bits per heavy atom. The fraction of sp³-hybridized carbons (Fsp3) is 0.120. The van der Waals surface area contributed by atoms with E-state index in [1.165, 1.54) is 4.68 Å². The van der Waals surface area contributed by atoms with Gasteiger partial charge in [-0.05, 0) is 55.5 Å². The second-order valence-corrected chi connectivity index (χ2v) is 8.13. The van der Waals surface area contributed by atoms with Gasteiger partial charge in [0.2, 0.25) is 0 Å². The fourth-order valence-corrected chi connectivity index (χ4v) is 3.62. The van der Waals surface area contributed by atoms with Crippen LogP contribution in [-0.4, -0.2) is 29.9 Å². The average molecular weight is 482 g/mol. The van der Waals surface area contributed by atoms with Crippen molar-refractivity contribution in [2.45, 2.75) is 6.92 Å². The van der Waals surface area contributed by atoms with E-state index in [2.05, 4.69) is 5.32 Å². The maximum atomic E-state index is 13.3. The largest absolute Gasteiger partial charge is 0.497 e. The van der Waals surface area contributed by atoms with Crippen LogP contribution in [0.3, 0.4) is 0 Å². The molecule has 4 aromatic rings. The highest BCUT2D eigenvalue weighted by molar-refractivity contribution is 6.42. The van der Waals surface area contributed by atoms with E-state index >= 15 is 0 Å². The lowest BCUT2D eigenvalue weighted by molar-refractivity contribution is 0.101. The van der Waals surface area contributed by atoms with E-state index in [-0.39, 0.29) is 5.91 Å². The molecule has 0 bridgehead atoms. The lowest BCUT2D eigenvalue weighted by atomic mass is 10.1. The summed E-state index contributed by atoms with van der Waals surface area (Å²) in [4.78, 5) is 13.3. The number of hydrogen-bond acceptors (Lipinski definition) is 4. The number of nitrogens with zero attached hydrogens (tertiary/aromatic N) is 2. The molecule has 0 unspecified atom stereocenters. The highest BCUT2D eigenvalue weighted by Gasteiger charge is 2.20. The van der Waals surface area contributed by atoms with Crippen LogP contribution in [0.4, 0.5) is 5.69 Å². The van der Waals surface area contributed by atoms with Gasteiger partial charge >= 0.3 is 0 Å². The first-order valence-corrected chi connectivity index (χ1v) is 10.8. The second kappa shape index (κ2) is 9.57. The number of methoxy groups -OCH3 is 2. The van der Waals surface area contributed by atoms with Gasteiger partial charge in [-0.2, -0.15) is 5.10 Å². The Morgan fingerprint density at radius 2 is 1.67 bits per heavy atom. The summed E-state index contributed by atoms with van der Waals surface area (Å²) < 4.78 is 12.3. The molecule has 4 rings (SSSR count). The monoisotopic (exact) mass is 481 g/mol. The summed E-state index contributed by atoms with van der Waals surface area (Å²) in [5, 5.41) is 8.39. The Kier molecular flexibility index (Phi) is 6.58. The van der Waals surface area contributed by atoms with Gasteiger partial charge in [0.05, 0.1) is 35.6 Å². The first-order valence-electron chi connectivity index (χ1n) is 10.1. The summed E-state index contributed by atoms with van der Waals surface area (Å²) in [5.74, 6) is 0.895. The van der Waals surface area contributed by atoms with E-state index in [0.29, 0.717) is 49.9 Å². The minimum absolute atomic E-state index is 0.321. The van der Waals surface area contributed by atoms with Gasteiger partial charge in [-0.1, -0.05) is 40.9 Å². The van der Waals surface area contributed by atoms with E-state index in [4.69, 9.17) is 37.8 Å². The number of hydrogen-bond donors (Lipinski definition) is 1. The molecule has 0 radical (unpaired) electrons. The molecule has 0 fully saturated rings. The van der Waals surface area contributed by atoms with E-state index in [1.54, 1.807) is 44.6 Å². The Morgan fingerprint density at radius 3 is 2.33 bits per heavy atom. The highest BCUT2D eigenvalue weighted by atomic mass is 35.5. The van der Waals surface area contributed by atoms with Crippen LogP contribution < -0.4 is 14.8 Å². The number of anilines is 1. The van der Waals surface area contributed by atoms with E-state index in [1.807, 2.05) is 43.3 Å². The Hall–Kier alpha value is -3.48. The van der Waals surface area contributed by atoms with Crippen LogP contribution in [0.1, 0.15) is 16.1 Å². The third kappa shape index (κ3) is 4.82. The minimum Gasteiger partial charge on any atom is -0.497 e. The van der Waals surface area contributed by atoms with Gasteiger partial charge < -0.3 is 14.8 Å². The number of carbonyl (C=O) groups is 1. The van der Waals surface area contributed by atoms with Crippen molar-refractivity contribution in [1.29, 1.82) is 0 Å². The second-order valence-electron chi connectivity index (χ2n) is 7.31. The number of halogens is 2. The third-order valence-corrected chi connectivity index (χ3v) is 5.82. The van der Waals surface area contributed by atoms with Crippen LogP contribution >= 0.6 is 23.2 Å². The number of aryl methyl sites for hydroxylation is 1. The maximum absolute atomic E-state index is 13.3. The first-order chi connectivity index (χ1) is 15.9. The zero-order valence-electron chi connectivity index (χ0n) is 18.2. The van der Waals surface area contributed by atoms with Crippen molar-refractivity contribution in [2.24, 2.45) is 0 Å². The van der Waals surface area contributed by atoms with Crippen LogP contribution in [0.25, 0.3) is 16.9 Å². The fourth-order valence-electron chi connectivity index (χ4n) is 3.33. The molecule has 8 heteroatoms. The van der Waals surface area contributed by atoms with E-state index < -0.39 is 0 Å². The number of ether oxygens (including phenoxy) is 2. The average Bonchev–Trinajstić information content (AvgIpc) is 3.27. The molecule has 1 aromatic heterocycles. The number of nitrogens with one attached hydrogen (secondary N) is 1. The van der Waals surface area contributed by atoms with Gasteiger partial charge in [0.25, 0.3) is 5.91 Å². The number of amides is 1. The molecule has 33 heavy (non-hydrogen) atoms. The van der Waals surface area contributed by atoms with Gasteiger partial charge in [-0.3, -0.25) is 4.79 Å². The lowest BCUT2D eigenvalue weighted by Gasteiger charge is -2.10. The van der Waals surface area contributed by atoms with Crippen molar-refractivity contribution in [3.8, 4) is 28.4 Å². The van der Waals surface area contributed by atoms with Crippen LogP contribution in [-0.2, 0) is 0 Å². The molecule has 1 heterocycles. The minimum atomic E-state index is -0.323. The van der Waals surface area contributed by atoms with Crippen LogP contribution in [0.15, 0.2) is 66.7 Å². The summed E-state index contributed by atoms with van der Waals surface area (Å²) in [6, 6.07) is 19.7. The number of aromatic nitrogens is 2. The number of carbonyl (C=O) groups excluding carboxylic acids is 1. The van der Waals surface area contributed by atoms with Gasteiger partial charge in [-0.25, -0.2) is 4.68 Å². The molecular formula is C25H21Cl2N3O3. The standard InChI is InChI=1S/C25H21Cl2N3O3/c1-15-4-6-16(7-5-15)28-25(31)23-14-22(19-10-9-18(32-2)13-24(19)33-3)29-30(23)17-8-11-20(26)21(27)12-17/h4-14H,1-3H3,(H,28,31). The summed E-state index contributed by atoms with van der Waals surface area (Å²) in [6.07, 6.45) is 0.